The van der Waals surface area contributed by atoms with Gasteiger partial charge in [0, 0.05) is 10.5 Å². The number of benzene rings is 1. The summed E-state index contributed by atoms with van der Waals surface area (Å²) in [5.74, 6) is 0. The summed E-state index contributed by atoms with van der Waals surface area (Å²) in [6.07, 6.45) is 1.03. The Balaban J connectivity index is 1.74. The van der Waals surface area contributed by atoms with E-state index >= 15 is 0 Å². The molecule has 2 nitrogen and oxygen atoms in total. The van der Waals surface area contributed by atoms with E-state index in [0.29, 0.717) is 6.04 Å². The first kappa shape index (κ1) is 13.1. The summed E-state index contributed by atoms with van der Waals surface area (Å²) >= 11 is 6.94. The lowest BCUT2D eigenvalue weighted by molar-refractivity contribution is 0.791. The van der Waals surface area contributed by atoms with Crippen LogP contribution in [0.5, 0.6) is 0 Å². The van der Waals surface area contributed by atoms with Gasteiger partial charge in [-0.25, -0.2) is 4.98 Å². The van der Waals surface area contributed by atoms with Gasteiger partial charge >= 0.3 is 0 Å². The first-order chi connectivity index (χ1) is 9.20. The molecule has 0 bridgehead atoms. The minimum atomic E-state index is 0.388. The van der Waals surface area contributed by atoms with Crippen LogP contribution in [-0.4, -0.2) is 11.0 Å². The van der Waals surface area contributed by atoms with E-state index in [1.807, 2.05) is 12.1 Å². The molecule has 0 radical (unpaired) electrons. The molecule has 0 aliphatic carbocycles. The molecule has 0 saturated heterocycles. The highest BCUT2D eigenvalue weighted by Gasteiger charge is 2.08. The van der Waals surface area contributed by atoms with E-state index in [0.717, 1.165) is 21.5 Å². The SMILES string of the molecule is CC(Cc1ccsc1)Nc1nc2ccc(Br)cc2s1. The fraction of sp³-hybridized carbons (Fsp3) is 0.214. The van der Waals surface area contributed by atoms with Gasteiger partial charge in [0.25, 0.3) is 0 Å². The molecule has 0 spiro atoms. The molecular formula is C14H13BrN2S2. The monoisotopic (exact) mass is 352 g/mol. The van der Waals surface area contributed by atoms with Gasteiger partial charge in [0.05, 0.1) is 10.2 Å². The maximum Gasteiger partial charge on any atom is 0.184 e. The molecule has 0 saturated carbocycles. The predicted molar refractivity (Wildman–Crippen MR) is 88.4 cm³/mol. The van der Waals surface area contributed by atoms with Crippen molar-refractivity contribution in [1.82, 2.24) is 4.98 Å². The van der Waals surface area contributed by atoms with Gasteiger partial charge in [-0.3, -0.25) is 0 Å². The third kappa shape index (κ3) is 3.16. The fourth-order valence-corrected chi connectivity index (χ4v) is 4.20. The number of hydrogen-bond donors (Lipinski definition) is 1. The van der Waals surface area contributed by atoms with Crippen molar-refractivity contribution in [2.24, 2.45) is 0 Å². The molecule has 0 fully saturated rings. The molecule has 0 aliphatic rings. The van der Waals surface area contributed by atoms with Crippen LogP contribution >= 0.6 is 38.6 Å². The normalized spacial score (nSPS) is 12.7. The Morgan fingerprint density at radius 1 is 1.37 bits per heavy atom. The number of thiophene rings is 1. The lowest BCUT2D eigenvalue weighted by Gasteiger charge is -2.11. The van der Waals surface area contributed by atoms with Gasteiger partial charge in [0.1, 0.15) is 0 Å². The van der Waals surface area contributed by atoms with Crippen molar-refractivity contribution in [2.45, 2.75) is 19.4 Å². The van der Waals surface area contributed by atoms with Crippen molar-refractivity contribution >= 4 is 54.0 Å². The number of thiazole rings is 1. The highest BCUT2D eigenvalue weighted by atomic mass is 79.9. The number of nitrogens with zero attached hydrogens (tertiary/aromatic N) is 1. The molecule has 1 N–H and O–H groups in total. The topological polar surface area (TPSA) is 24.9 Å². The Morgan fingerprint density at radius 2 is 2.26 bits per heavy atom. The van der Waals surface area contributed by atoms with Gasteiger partial charge in [0.15, 0.2) is 5.13 Å². The van der Waals surface area contributed by atoms with E-state index in [9.17, 15) is 0 Å². The molecule has 2 heterocycles. The molecular weight excluding hydrogens is 340 g/mol. The Kier molecular flexibility index (Phi) is 3.86. The van der Waals surface area contributed by atoms with Gasteiger partial charge in [-0.15, -0.1) is 0 Å². The first-order valence-electron chi connectivity index (χ1n) is 6.04. The molecule has 1 unspecified atom stereocenters. The van der Waals surface area contributed by atoms with Gasteiger partial charge < -0.3 is 5.32 Å². The largest absolute Gasteiger partial charge is 0.359 e. The minimum Gasteiger partial charge on any atom is -0.359 e. The summed E-state index contributed by atoms with van der Waals surface area (Å²) in [5.41, 5.74) is 2.44. The van der Waals surface area contributed by atoms with Crippen LogP contribution in [0.1, 0.15) is 12.5 Å². The van der Waals surface area contributed by atoms with Crippen molar-refractivity contribution in [3.8, 4) is 0 Å². The second-order valence-corrected chi connectivity index (χ2v) is 7.24. The van der Waals surface area contributed by atoms with Gasteiger partial charge in [-0.1, -0.05) is 27.3 Å². The van der Waals surface area contributed by atoms with E-state index in [1.165, 1.54) is 10.3 Å². The first-order valence-corrected chi connectivity index (χ1v) is 8.59. The molecule has 3 rings (SSSR count). The van der Waals surface area contributed by atoms with E-state index in [1.54, 1.807) is 22.7 Å². The van der Waals surface area contributed by atoms with Crippen LogP contribution in [0.3, 0.4) is 0 Å². The number of hydrogen-bond acceptors (Lipinski definition) is 4. The maximum atomic E-state index is 4.61. The summed E-state index contributed by atoms with van der Waals surface area (Å²) < 4.78 is 2.31. The van der Waals surface area contributed by atoms with Crippen molar-refractivity contribution in [3.63, 3.8) is 0 Å². The average molecular weight is 353 g/mol. The summed E-state index contributed by atoms with van der Waals surface area (Å²) in [7, 11) is 0. The summed E-state index contributed by atoms with van der Waals surface area (Å²) in [6, 6.07) is 8.75. The average Bonchev–Trinajstić information content (AvgIpc) is 2.97. The highest BCUT2D eigenvalue weighted by Crippen LogP contribution is 2.29. The van der Waals surface area contributed by atoms with Crippen LogP contribution in [0.2, 0.25) is 0 Å². The second kappa shape index (κ2) is 5.61. The highest BCUT2D eigenvalue weighted by molar-refractivity contribution is 9.10. The number of halogens is 1. The van der Waals surface area contributed by atoms with Crippen LogP contribution in [0.25, 0.3) is 10.2 Å². The zero-order valence-electron chi connectivity index (χ0n) is 10.4. The van der Waals surface area contributed by atoms with E-state index in [-0.39, 0.29) is 0 Å². The quantitative estimate of drug-likeness (QED) is 0.700. The Hall–Kier alpha value is -0.910. The molecule has 5 heteroatoms. The lowest BCUT2D eigenvalue weighted by Crippen LogP contribution is -2.17. The van der Waals surface area contributed by atoms with Crippen molar-refractivity contribution in [1.29, 1.82) is 0 Å². The number of fused-ring (bicyclic) bond motifs is 1. The smallest absolute Gasteiger partial charge is 0.184 e. The zero-order chi connectivity index (χ0) is 13.2. The molecule has 2 aromatic heterocycles. The fourth-order valence-electron chi connectivity index (χ4n) is 1.98. The van der Waals surface area contributed by atoms with Crippen LogP contribution in [0, 0.1) is 0 Å². The van der Waals surface area contributed by atoms with Crippen LogP contribution < -0.4 is 5.32 Å². The molecule has 1 atom stereocenters. The second-order valence-electron chi connectivity index (χ2n) is 4.51. The predicted octanol–water partition coefficient (Wildman–Crippen LogP) is 5.16. The number of aromatic nitrogens is 1. The van der Waals surface area contributed by atoms with Crippen LogP contribution in [0.15, 0.2) is 39.5 Å². The minimum absolute atomic E-state index is 0.388. The summed E-state index contributed by atoms with van der Waals surface area (Å²) in [4.78, 5) is 4.61. The molecule has 98 valence electrons. The van der Waals surface area contributed by atoms with Crippen molar-refractivity contribution < 1.29 is 0 Å². The molecule has 3 aromatic rings. The van der Waals surface area contributed by atoms with E-state index in [2.05, 4.69) is 56.0 Å². The number of nitrogens with one attached hydrogen (secondary N) is 1. The van der Waals surface area contributed by atoms with Gasteiger partial charge in [0.2, 0.25) is 0 Å². The Morgan fingerprint density at radius 3 is 3.05 bits per heavy atom. The standard InChI is InChI=1S/C14H13BrN2S2/c1-9(6-10-4-5-18-8-10)16-14-17-12-3-2-11(15)7-13(12)19-14/h2-5,7-9H,6H2,1H3,(H,16,17). The maximum absolute atomic E-state index is 4.61. The number of rotatable bonds is 4. The third-order valence-corrected chi connectivity index (χ3v) is 5.02. The van der Waals surface area contributed by atoms with Crippen LogP contribution in [-0.2, 0) is 6.42 Å². The molecule has 19 heavy (non-hydrogen) atoms. The zero-order valence-corrected chi connectivity index (χ0v) is 13.6. The van der Waals surface area contributed by atoms with Crippen LogP contribution in [0.4, 0.5) is 5.13 Å². The number of anilines is 1. The molecule has 1 aromatic carbocycles. The van der Waals surface area contributed by atoms with E-state index in [4.69, 9.17) is 0 Å². The van der Waals surface area contributed by atoms with Gasteiger partial charge in [-0.2, -0.15) is 11.3 Å². The Bertz CT molecular complexity index is 676. The van der Waals surface area contributed by atoms with Gasteiger partial charge in [-0.05, 0) is 53.9 Å². The summed E-state index contributed by atoms with van der Waals surface area (Å²) in [6.45, 7) is 2.19. The summed E-state index contributed by atoms with van der Waals surface area (Å²) in [5, 5.41) is 8.81. The third-order valence-electron chi connectivity index (χ3n) is 2.84. The Labute approximate surface area is 128 Å². The van der Waals surface area contributed by atoms with E-state index < -0.39 is 0 Å². The lowest BCUT2D eigenvalue weighted by atomic mass is 10.1. The molecule has 0 amide bonds. The van der Waals surface area contributed by atoms with Crippen molar-refractivity contribution in [3.05, 3.63) is 45.1 Å². The molecule has 0 aliphatic heterocycles. The van der Waals surface area contributed by atoms with Crippen molar-refractivity contribution in [2.75, 3.05) is 5.32 Å².